The third-order valence-corrected chi connectivity index (χ3v) is 2.85. The summed E-state index contributed by atoms with van der Waals surface area (Å²) in [7, 11) is 0. The largest absolute Gasteiger partial charge is 0.356 e. The SMILES string of the molecule is CC(C)c1cc2ccc3cn[nH]c3c2[nH]1. The van der Waals surface area contributed by atoms with Gasteiger partial charge in [-0.15, -0.1) is 0 Å². The van der Waals surface area contributed by atoms with Gasteiger partial charge in [0.2, 0.25) is 0 Å². The third-order valence-electron chi connectivity index (χ3n) is 2.85. The highest BCUT2D eigenvalue weighted by Crippen LogP contribution is 2.26. The number of rotatable bonds is 1. The highest BCUT2D eigenvalue weighted by molar-refractivity contribution is 6.03. The molecule has 0 radical (unpaired) electrons. The second-order valence-electron chi connectivity index (χ2n) is 4.24. The van der Waals surface area contributed by atoms with Gasteiger partial charge in [0.25, 0.3) is 0 Å². The van der Waals surface area contributed by atoms with Gasteiger partial charge in [-0.05, 0) is 12.0 Å². The van der Waals surface area contributed by atoms with Crippen LogP contribution >= 0.6 is 0 Å². The lowest BCUT2D eigenvalue weighted by molar-refractivity contribution is 0.837. The van der Waals surface area contributed by atoms with E-state index in [1.54, 1.807) is 0 Å². The van der Waals surface area contributed by atoms with E-state index in [2.05, 4.69) is 47.2 Å². The minimum atomic E-state index is 0.523. The second-order valence-corrected chi connectivity index (χ2v) is 4.24. The maximum absolute atomic E-state index is 4.06. The molecule has 15 heavy (non-hydrogen) atoms. The minimum absolute atomic E-state index is 0.523. The van der Waals surface area contributed by atoms with E-state index < -0.39 is 0 Å². The summed E-state index contributed by atoms with van der Waals surface area (Å²) in [6.45, 7) is 4.38. The predicted octanol–water partition coefficient (Wildman–Crippen LogP) is 3.17. The summed E-state index contributed by atoms with van der Waals surface area (Å²) in [5.41, 5.74) is 3.53. The fourth-order valence-corrected chi connectivity index (χ4v) is 1.94. The van der Waals surface area contributed by atoms with E-state index in [0.717, 1.165) is 16.4 Å². The van der Waals surface area contributed by atoms with E-state index in [4.69, 9.17) is 0 Å². The Morgan fingerprint density at radius 2 is 1.93 bits per heavy atom. The van der Waals surface area contributed by atoms with Crippen LogP contribution in [0.5, 0.6) is 0 Å². The molecule has 2 heterocycles. The van der Waals surface area contributed by atoms with E-state index in [-0.39, 0.29) is 0 Å². The van der Waals surface area contributed by atoms with Crippen LogP contribution in [0.2, 0.25) is 0 Å². The van der Waals surface area contributed by atoms with Gasteiger partial charge in [0.15, 0.2) is 0 Å². The number of H-pyrrole nitrogens is 2. The lowest BCUT2D eigenvalue weighted by atomic mass is 10.1. The van der Waals surface area contributed by atoms with Crippen molar-refractivity contribution in [3.05, 3.63) is 30.1 Å². The highest BCUT2D eigenvalue weighted by atomic mass is 15.1. The summed E-state index contributed by atoms with van der Waals surface area (Å²) < 4.78 is 0. The summed E-state index contributed by atoms with van der Waals surface area (Å²) in [6.07, 6.45) is 1.85. The maximum Gasteiger partial charge on any atom is 0.0891 e. The van der Waals surface area contributed by atoms with Crippen LogP contribution in [0.25, 0.3) is 21.8 Å². The summed E-state index contributed by atoms with van der Waals surface area (Å²) >= 11 is 0. The van der Waals surface area contributed by atoms with Crippen molar-refractivity contribution in [1.29, 1.82) is 0 Å². The van der Waals surface area contributed by atoms with Crippen molar-refractivity contribution >= 4 is 21.8 Å². The summed E-state index contributed by atoms with van der Waals surface area (Å²) in [5.74, 6) is 0.523. The molecule has 76 valence electrons. The Bertz CT molecular complexity index is 616. The minimum Gasteiger partial charge on any atom is -0.356 e. The van der Waals surface area contributed by atoms with Gasteiger partial charge in [-0.2, -0.15) is 5.10 Å². The molecule has 0 atom stereocenters. The average Bonchev–Trinajstić information content (AvgIpc) is 2.82. The van der Waals surface area contributed by atoms with Crippen LogP contribution in [0.1, 0.15) is 25.5 Å². The van der Waals surface area contributed by atoms with Crippen LogP contribution < -0.4 is 0 Å². The van der Waals surface area contributed by atoms with E-state index in [1.807, 2.05) is 6.20 Å². The van der Waals surface area contributed by atoms with Crippen molar-refractivity contribution < 1.29 is 0 Å². The summed E-state index contributed by atoms with van der Waals surface area (Å²) in [5, 5.41) is 9.49. The first kappa shape index (κ1) is 8.53. The molecule has 2 aromatic heterocycles. The Kier molecular flexibility index (Phi) is 1.63. The van der Waals surface area contributed by atoms with Gasteiger partial charge in [0.05, 0.1) is 17.2 Å². The molecule has 0 aliphatic carbocycles. The molecule has 0 fully saturated rings. The number of nitrogens with zero attached hydrogens (tertiary/aromatic N) is 1. The van der Waals surface area contributed by atoms with Crippen molar-refractivity contribution in [3.8, 4) is 0 Å². The van der Waals surface area contributed by atoms with Crippen LogP contribution in [0.15, 0.2) is 24.4 Å². The topological polar surface area (TPSA) is 44.5 Å². The Morgan fingerprint density at radius 3 is 2.73 bits per heavy atom. The van der Waals surface area contributed by atoms with Crippen molar-refractivity contribution in [2.45, 2.75) is 19.8 Å². The molecule has 0 aliphatic rings. The Labute approximate surface area is 87.5 Å². The standard InChI is InChI=1S/C12H13N3/c1-7(2)10-5-8-3-4-9-6-13-15-12(9)11(8)14-10/h3-7,14H,1-2H3,(H,13,15). The molecule has 3 nitrogen and oxygen atoms in total. The van der Waals surface area contributed by atoms with Gasteiger partial charge in [-0.3, -0.25) is 5.10 Å². The molecule has 0 unspecified atom stereocenters. The first-order valence-electron chi connectivity index (χ1n) is 5.20. The Hall–Kier alpha value is -1.77. The van der Waals surface area contributed by atoms with Crippen molar-refractivity contribution in [3.63, 3.8) is 0 Å². The highest BCUT2D eigenvalue weighted by Gasteiger charge is 2.07. The van der Waals surface area contributed by atoms with E-state index in [0.29, 0.717) is 5.92 Å². The zero-order valence-corrected chi connectivity index (χ0v) is 8.83. The zero-order chi connectivity index (χ0) is 10.4. The van der Waals surface area contributed by atoms with Crippen molar-refractivity contribution in [2.75, 3.05) is 0 Å². The zero-order valence-electron chi connectivity index (χ0n) is 8.83. The molecule has 0 aliphatic heterocycles. The predicted molar refractivity (Wildman–Crippen MR) is 62.0 cm³/mol. The molecule has 3 heteroatoms. The fourth-order valence-electron chi connectivity index (χ4n) is 1.94. The van der Waals surface area contributed by atoms with Crippen LogP contribution in [0.3, 0.4) is 0 Å². The molecule has 0 bridgehead atoms. The van der Waals surface area contributed by atoms with E-state index >= 15 is 0 Å². The van der Waals surface area contributed by atoms with Crippen LogP contribution in [-0.2, 0) is 0 Å². The molecule has 0 saturated heterocycles. The average molecular weight is 199 g/mol. The number of benzene rings is 1. The molecule has 1 aromatic carbocycles. The summed E-state index contributed by atoms with van der Waals surface area (Å²) in [4.78, 5) is 3.45. The van der Waals surface area contributed by atoms with Gasteiger partial charge in [0.1, 0.15) is 0 Å². The maximum atomic E-state index is 4.06. The number of fused-ring (bicyclic) bond motifs is 3. The van der Waals surface area contributed by atoms with Crippen LogP contribution in [0, 0.1) is 0 Å². The van der Waals surface area contributed by atoms with Crippen molar-refractivity contribution in [1.82, 2.24) is 15.2 Å². The molecule has 0 amide bonds. The molecule has 2 N–H and O–H groups in total. The molecular formula is C12H13N3. The van der Waals surface area contributed by atoms with Gasteiger partial charge in [-0.25, -0.2) is 0 Å². The number of hydrogen-bond donors (Lipinski definition) is 2. The molecule has 0 saturated carbocycles. The normalized spacial score (nSPS) is 11.9. The van der Waals surface area contributed by atoms with Gasteiger partial charge >= 0.3 is 0 Å². The monoisotopic (exact) mass is 199 g/mol. The van der Waals surface area contributed by atoms with Crippen LogP contribution in [0.4, 0.5) is 0 Å². The van der Waals surface area contributed by atoms with Gasteiger partial charge in [0, 0.05) is 16.5 Å². The van der Waals surface area contributed by atoms with E-state index in [1.165, 1.54) is 11.1 Å². The van der Waals surface area contributed by atoms with Crippen molar-refractivity contribution in [2.24, 2.45) is 0 Å². The van der Waals surface area contributed by atoms with Gasteiger partial charge in [-0.1, -0.05) is 26.0 Å². The second kappa shape index (κ2) is 2.86. The number of hydrogen-bond acceptors (Lipinski definition) is 1. The lowest BCUT2D eigenvalue weighted by Gasteiger charge is -1.98. The number of aromatic nitrogens is 3. The summed E-state index contributed by atoms with van der Waals surface area (Å²) in [6, 6.07) is 6.44. The smallest absolute Gasteiger partial charge is 0.0891 e. The third kappa shape index (κ3) is 1.16. The lowest BCUT2D eigenvalue weighted by Crippen LogP contribution is -1.85. The first-order valence-corrected chi connectivity index (χ1v) is 5.20. The first-order chi connectivity index (χ1) is 7.25. The van der Waals surface area contributed by atoms with Gasteiger partial charge < -0.3 is 4.98 Å². The molecule has 3 aromatic rings. The Morgan fingerprint density at radius 1 is 1.13 bits per heavy atom. The quantitative estimate of drug-likeness (QED) is 0.621. The fraction of sp³-hybridized carbons (Fsp3) is 0.250. The molecular weight excluding hydrogens is 186 g/mol. The van der Waals surface area contributed by atoms with E-state index in [9.17, 15) is 0 Å². The Balaban J connectivity index is 2.41. The molecule has 3 rings (SSSR count). The number of nitrogens with one attached hydrogen (secondary N) is 2. The molecule has 0 spiro atoms. The van der Waals surface area contributed by atoms with Crippen LogP contribution in [-0.4, -0.2) is 15.2 Å². The number of aromatic amines is 2.